The number of piperidine rings is 1. The van der Waals surface area contributed by atoms with Crippen molar-refractivity contribution >= 4 is 0 Å². The fraction of sp³-hybridized carbons (Fsp3) is 0.429. The molecule has 1 aliphatic heterocycles. The molecule has 3 rings (SSSR count). The lowest BCUT2D eigenvalue weighted by Crippen LogP contribution is -2.26. The van der Waals surface area contributed by atoms with Crippen LogP contribution in [0.1, 0.15) is 24.5 Å². The molecule has 4 nitrogen and oxygen atoms in total. The van der Waals surface area contributed by atoms with Crippen molar-refractivity contribution in [2.75, 3.05) is 13.1 Å². The Bertz CT molecular complexity index is 509. The van der Waals surface area contributed by atoms with Crippen LogP contribution < -0.4 is 5.32 Å². The van der Waals surface area contributed by atoms with Crippen LogP contribution in [-0.2, 0) is 7.05 Å². The van der Waals surface area contributed by atoms with Crippen molar-refractivity contribution in [3.63, 3.8) is 0 Å². The van der Waals surface area contributed by atoms with Crippen LogP contribution in [0.2, 0.25) is 0 Å². The Kier molecular flexibility index (Phi) is 3.11. The Labute approximate surface area is 107 Å². The van der Waals surface area contributed by atoms with Crippen LogP contribution >= 0.6 is 0 Å². The number of aryl methyl sites for hydroxylation is 1. The molecule has 0 atom stereocenters. The molecule has 1 aliphatic rings. The number of hydrogen-bond acceptors (Lipinski definition) is 3. The van der Waals surface area contributed by atoms with Crippen molar-refractivity contribution in [3.8, 4) is 11.1 Å². The van der Waals surface area contributed by atoms with Crippen LogP contribution in [0.4, 0.5) is 0 Å². The quantitative estimate of drug-likeness (QED) is 0.875. The molecular formula is C14H18N4. The van der Waals surface area contributed by atoms with Crippen molar-refractivity contribution in [2.24, 2.45) is 7.05 Å². The molecule has 1 N–H and O–H groups in total. The third kappa shape index (κ3) is 2.29. The Balaban J connectivity index is 1.80. The average Bonchev–Trinajstić information content (AvgIpc) is 2.87. The van der Waals surface area contributed by atoms with Gasteiger partial charge in [-0.2, -0.15) is 5.10 Å². The van der Waals surface area contributed by atoms with Crippen LogP contribution in [0, 0.1) is 0 Å². The van der Waals surface area contributed by atoms with Gasteiger partial charge >= 0.3 is 0 Å². The standard InChI is InChI=1S/C14H18N4/c1-18-10-13(9-17-18)12-2-3-14(16-8-12)11-4-6-15-7-5-11/h2-3,8-11,15H,4-7H2,1H3. The fourth-order valence-electron chi connectivity index (χ4n) is 2.51. The number of pyridine rings is 1. The van der Waals surface area contributed by atoms with Gasteiger partial charge in [-0.3, -0.25) is 9.67 Å². The zero-order valence-corrected chi connectivity index (χ0v) is 10.6. The van der Waals surface area contributed by atoms with E-state index in [1.54, 1.807) is 0 Å². The van der Waals surface area contributed by atoms with E-state index in [2.05, 4.69) is 27.5 Å². The molecule has 0 unspecified atom stereocenters. The maximum absolute atomic E-state index is 4.62. The van der Waals surface area contributed by atoms with Crippen molar-refractivity contribution in [1.29, 1.82) is 0 Å². The molecule has 0 bridgehead atoms. The van der Waals surface area contributed by atoms with Gasteiger partial charge in [0.25, 0.3) is 0 Å². The lowest BCUT2D eigenvalue weighted by molar-refractivity contribution is 0.453. The summed E-state index contributed by atoms with van der Waals surface area (Å²) in [4.78, 5) is 4.62. The van der Waals surface area contributed by atoms with Crippen LogP contribution in [0.15, 0.2) is 30.7 Å². The van der Waals surface area contributed by atoms with Crippen molar-refractivity contribution in [3.05, 3.63) is 36.4 Å². The molecule has 0 radical (unpaired) electrons. The van der Waals surface area contributed by atoms with Crippen LogP contribution in [-0.4, -0.2) is 27.9 Å². The summed E-state index contributed by atoms with van der Waals surface area (Å²) in [6.45, 7) is 2.22. The molecule has 1 saturated heterocycles. The molecule has 2 aromatic rings. The van der Waals surface area contributed by atoms with Gasteiger partial charge in [-0.15, -0.1) is 0 Å². The number of hydrogen-bond donors (Lipinski definition) is 1. The Hall–Kier alpha value is -1.68. The lowest BCUT2D eigenvalue weighted by Gasteiger charge is -2.22. The Morgan fingerprint density at radius 1 is 1.17 bits per heavy atom. The largest absolute Gasteiger partial charge is 0.317 e. The zero-order chi connectivity index (χ0) is 12.4. The van der Waals surface area contributed by atoms with Gasteiger partial charge in [0.1, 0.15) is 0 Å². The molecule has 18 heavy (non-hydrogen) atoms. The predicted octanol–water partition coefficient (Wildman–Crippen LogP) is 1.95. The van der Waals surface area contributed by atoms with Crippen LogP contribution in [0.3, 0.4) is 0 Å². The number of aromatic nitrogens is 3. The van der Waals surface area contributed by atoms with Crippen molar-refractivity contribution < 1.29 is 0 Å². The second-order valence-electron chi connectivity index (χ2n) is 4.90. The zero-order valence-electron chi connectivity index (χ0n) is 10.6. The van der Waals surface area contributed by atoms with Gasteiger partial charge in [-0.1, -0.05) is 6.07 Å². The molecule has 94 valence electrons. The van der Waals surface area contributed by atoms with Gasteiger partial charge < -0.3 is 5.32 Å². The second-order valence-corrected chi connectivity index (χ2v) is 4.90. The van der Waals surface area contributed by atoms with E-state index in [1.165, 1.54) is 18.5 Å². The summed E-state index contributed by atoms with van der Waals surface area (Å²) in [5.41, 5.74) is 3.49. The molecule has 1 fully saturated rings. The Morgan fingerprint density at radius 3 is 2.61 bits per heavy atom. The summed E-state index contributed by atoms with van der Waals surface area (Å²) in [5, 5.41) is 7.57. The van der Waals surface area contributed by atoms with Gasteiger partial charge in [0.05, 0.1) is 6.20 Å². The van der Waals surface area contributed by atoms with Crippen LogP contribution in [0.5, 0.6) is 0 Å². The topological polar surface area (TPSA) is 42.7 Å². The van der Waals surface area contributed by atoms with E-state index in [0.29, 0.717) is 5.92 Å². The summed E-state index contributed by atoms with van der Waals surface area (Å²) in [5.74, 6) is 0.620. The molecule has 4 heteroatoms. The third-order valence-electron chi connectivity index (χ3n) is 3.58. The third-order valence-corrected chi connectivity index (χ3v) is 3.58. The first-order valence-corrected chi connectivity index (χ1v) is 6.48. The Morgan fingerprint density at radius 2 is 2.00 bits per heavy atom. The minimum absolute atomic E-state index is 0.620. The summed E-state index contributed by atoms with van der Waals surface area (Å²) in [6.07, 6.45) is 8.25. The number of nitrogens with one attached hydrogen (secondary N) is 1. The minimum Gasteiger partial charge on any atom is -0.317 e. The first-order chi connectivity index (χ1) is 8.83. The summed E-state index contributed by atoms with van der Waals surface area (Å²) in [6, 6.07) is 4.32. The first kappa shape index (κ1) is 11.4. The van der Waals surface area contributed by atoms with Crippen molar-refractivity contribution in [2.45, 2.75) is 18.8 Å². The summed E-state index contributed by atoms with van der Waals surface area (Å²) >= 11 is 0. The molecule has 3 heterocycles. The van der Waals surface area contributed by atoms with Gasteiger partial charge in [0.2, 0.25) is 0 Å². The normalized spacial score (nSPS) is 16.9. The minimum atomic E-state index is 0.620. The molecule has 0 saturated carbocycles. The average molecular weight is 242 g/mol. The highest BCUT2D eigenvalue weighted by atomic mass is 15.2. The SMILES string of the molecule is Cn1cc(-c2ccc(C3CCNCC3)nc2)cn1. The monoisotopic (exact) mass is 242 g/mol. The summed E-state index contributed by atoms with van der Waals surface area (Å²) < 4.78 is 1.82. The molecule has 0 spiro atoms. The fourth-order valence-corrected chi connectivity index (χ4v) is 2.51. The number of nitrogens with zero attached hydrogens (tertiary/aromatic N) is 3. The van der Waals surface area contributed by atoms with E-state index in [0.717, 1.165) is 24.2 Å². The van der Waals surface area contributed by atoms with Gasteiger partial charge in [0, 0.05) is 42.2 Å². The number of rotatable bonds is 2. The highest BCUT2D eigenvalue weighted by molar-refractivity contribution is 5.60. The first-order valence-electron chi connectivity index (χ1n) is 6.48. The predicted molar refractivity (Wildman–Crippen MR) is 71.3 cm³/mol. The van der Waals surface area contributed by atoms with E-state index in [4.69, 9.17) is 0 Å². The van der Waals surface area contributed by atoms with Gasteiger partial charge in [-0.25, -0.2) is 0 Å². The molecule has 2 aromatic heterocycles. The van der Waals surface area contributed by atoms with E-state index >= 15 is 0 Å². The van der Waals surface area contributed by atoms with Gasteiger partial charge in [-0.05, 0) is 32.0 Å². The maximum Gasteiger partial charge on any atom is 0.0568 e. The molecule has 0 aliphatic carbocycles. The smallest absolute Gasteiger partial charge is 0.0568 e. The second kappa shape index (κ2) is 4.90. The molecule has 0 amide bonds. The highest BCUT2D eigenvalue weighted by Gasteiger charge is 2.16. The van der Waals surface area contributed by atoms with E-state index in [1.807, 2.05) is 30.3 Å². The molecule has 0 aromatic carbocycles. The summed E-state index contributed by atoms with van der Waals surface area (Å²) in [7, 11) is 1.93. The van der Waals surface area contributed by atoms with E-state index in [9.17, 15) is 0 Å². The highest BCUT2D eigenvalue weighted by Crippen LogP contribution is 2.25. The maximum atomic E-state index is 4.62. The molecular weight excluding hydrogens is 224 g/mol. The van der Waals surface area contributed by atoms with Gasteiger partial charge in [0.15, 0.2) is 0 Å². The van der Waals surface area contributed by atoms with Crippen molar-refractivity contribution in [1.82, 2.24) is 20.1 Å². The lowest BCUT2D eigenvalue weighted by atomic mass is 9.94. The van der Waals surface area contributed by atoms with Crippen LogP contribution in [0.25, 0.3) is 11.1 Å². The van der Waals surface area contributed by atoms with E-state index in [-0.39, 0.29) is 0 Å². The van der Waals surface area contributed by atoms with E-state index < -0.39 is 0 Å².